The number of anilines is 1. The molecule has 3 aromatic rings. The average Bonchev–Trinajstić information content (AvgIpc) is 2.74. The number of nitrogens with one attached hydrogen (secondary N) is 1. The summed E-state index contributed by atoms with van der Waals surface area (Å²) in [5.41, 5.74) is 0.184. The number of pyridine rings is 2. The van der Waals surface area contributed by atoms with Crippen molar-refractivity contribution in [1.29, 1.82) is 0 Å². The van der Waals surface area contributed by atoms with E-state index in [0.717, 1.165) is 4.31 Å². The molecule has 8 nitrogen and oxygen atoms in total. The van der Waals surface area contributed by atoms with Crippen molar-refractivity contribution in [1.82, 2.24) is 15.3 Å². The Morgan fingerprint density at radius 1 is 1.19 bits per heavy atom. The van der Waals surface area contributed by atoms with Crippen LogP contribution in [0.1, 0.15) is 28.9 Å². The standard InChI is InChI=1S/C20H19FN4O4S.Na/c21-14-7-5-13(6-8-14)12-23-20(27)17-18(26)16-15(4-3-9-22-16)19(24-17)25-10-1-2-11-30(25,28)29;/h3-9,26H,1-2,10-12H2,(H,23,27);/q;+1/p-1. The minimum absolute atomic E-state index is 0. The summed E-state index contributed by atoms with van der Waals surface area (Å²) < 4.78 is 39.4. The molecule has 0 unspecified atom stereocenters. The van der Waals surface area contributed by atoms with Crippen LogP contribution in [0.25, 0.3) is 10.9 Å². The molecule has 31 heavy (non-hydrogen) atoms. The largest absolute Gasteiger partial charge is 1.00 e. The molecular weight excluding hydrogens is 434 g/mol. The second-order valence-corrected chi connectivity index (χ2v) is 8.93. The molecule has 1 saturated heterocycles. The van der Waals surface area contributed by atoms with E-state index in [4.69, 9.17) is 0 Å². The number of carbonyl (C=O) groups excluding carboxylic acids is 1. The Labute approximate surface area is 200 Å². The number of rotatable bonds is 4. The third-order valence-corrected chi connectivity index (χ3v) is 6.70. The fourth-order valence-corrected chi connectivity index (χ4v) is 4.93. The molecule has 1 aliphatic heterocycles. The third-order valence-electron chi connectivity index (χ3n) is 4.86. The predicted octanol–water partition coefficient (Wildman–Crippen LogP) is -1.29. The zero-order valence-corrected chi connectivity index (χ0v) is 19.7. The van der Waals surface area contributed by atoms with Crippen LogP contribution in [-0.2, 0) is 16.6 Å². The number of halogens is 1. The minimum atomic E-state index is -3.61. The SMILES string of the molecule is O=C(NCc1ccc(F)cc1)c1nc(N2CCCCS2(=O)=O)c2cccnc2c1[O-].[Na+]. The first kappa shape index (κ1) is 23.4. The molecule has 0 spiro atoms. The number of sulfonamides is 1. The van der Waals surface area contributed by atoms with Gasteiger partial charge in [-0.15, -0.1) is 0 Å². The van der Waals surface area contributed by atoms with Crippen LogP contribution >= 0.6 is 0 Å². The summed E-state index contributed by atoms with van der Waals surface area (Å²) in [7, 11) is -3.61. The van der Waals surface area contributed by atoms with Crippen LogP contribution in [0, 0.1) is 5.82 Å². The second-order valence-electron chi connectivity index (χ2n) is 6.92. The van der Waals surface area contributed by atoms with Crippen LogP contribution in [0.15, 0.2) is 42.6 Å². The van der Waals surface area contributed by atoms with Gasteiger partial charge < -0.3 is 10.4 Å². The maximum atomic E-state index is 13.0. The molecule has 0 bridgehead atoms. The van der Waals surface area contributed by atoms with Crippen LogP contribution in [0.4, 0.5) is 10.2 Å². The molecule has 11 heteroatoms. The van der Waals surface area contributed by atoms with Gasteiger partial charge in [0.2, 0.25) is 10.0 Å². The van der Waals surface area contributed by atoms with Crippen LogP contribution in [0.2, 0.25) is 0 Å². The van der Waals surface area contributed by atoms with Crippen molar-refractivity contribution in [2.75, 3.05) is 16.6 Å². The Morgan fingerprint density at radius 3 is 2.65 bits per heavy atom. The van der Waals surface area contributed by atoms with E-state index >= 15 is 0 Å². The van der Waals surface area contributed by atoms with Crippen molar-refractivity contribution in [2.24, 2.45) is 0 Å². The van der Waals surface area contributed by atoms with Crippen molar-refractivity contribution in [3.63, 3.8) is 0 Å². The van der Waals surface area contributed by atoms with Crippen molar-refractivity contribution in [3.05, 3.63) is 59.7 Å². The molecule has 0 radical (unpaired) electrons. The number of carbonyl (C=O) groups is 1. The molecule has 4 rings (SSSR count). The number of fused-ring (bicyclic) bond motifs is 1. The van der Waals surface area contributed by atoms with Gasteiger partial charge in [-0.25, -0.2) is 17.8 Å². The monoisotopic (exact) mass is 452 g/mol. The van der Waals surface area contributed by atoms with E-state index in [1.54, 1.807) is 12.1 Å². The van der Waals surface area contributed by atoms with Crippen molar-refractivity contribution < 1.29 is 52.3 Å². The molecule has 3 heterocycles. The number of amides is 1. The van der Waals surface area contributed by atoms with Crippen molar-refractivity contribution in [3.8, 4) is 5.75 Å². The molecule has 0 atom stereocenters. The van der Waals surface area contributed by atoms with Gasteiger partial charge in [0.15, 0.2) is 5.82 Å². The third kappa shape index (κ3) is 4.82. The van der Waals surface area contributed by atoms with Crippen LogP contribution in [0.5, 0.6) is 5.75 Å². The van der Waals surface area contributed by atoms with E-state index in [2.05, 4.69) is 15.3 Å². The summed E-state index contributed by atoms with van der Waals surface area (Å²) in [5.74, 6) is -1.83. The molecule has 1 fully saturated rings. The van der Waals surface area contributed by atoms with Crippen molar-refractivity contribution >= 4 is 32.7 Å². The van der Waals surface area contributed by atoms with Gasteiger partial charge in [-0.3, -0.25) is 14.1 Å². The molecule has 1 N–H and O–H groups in total. The molecule has 2 aromatic heterocycles. The molecule has 1 amide bonds. The Kier molecular flexibility index (Phi) is 7.15. The molecule has 156 valence electrons. The summed E-state index contributed by atoms with van der Waals surface area (Å²) in [6.07, 6.45) is 2.59. The molecule has 1 aliphatic rings. The van der Waals surface area contributed by atoms with Crippen LogP contribution < -0.4 is 44.3 Å². The summed E-state index contributed by atoms with van der Waals surface area (Å²) in [5, 5.41) is 15.7. The molecular formula is C20H18FN4NaO4S. The van der Waals surface area contributed by atoms with E-state index in [-0.39, 0.29) is 65.1 Å². The zero-order chi connectivity index (χ0) is 21.3. The number of aromatic nitrogens is 2. The first-order valence-corrected chi connectivity index (χ1v) is 11.0. The molecule has 0 aliphatic carbocycles. The first-order chi connectivity index (χ1) is 14.4. The molecule has 1 aromatic carbocycles. The van der Waals surface area contributed by atoms with Crippen LogP contribution in [0.3, 0.4) is 0 Å². The zero-order valence-electron chi connectivity index (χ0n) is 16.8. The first-order valence-electron chi connectivity index (χ1n) is 9.35. The number of hydrogen-bond acceptors (Lipinski definition) is 6. The normalized spacial score (nSPS) is 15.3. The van der Waals surface area contributed by atoms with Gasteiger partial charge in [-0.05, 0) is 48.4 Å². The summed E-state index contributed by atoms with van der Waals surface area (Å²) in [4.78, 5) is 20.9. The number of benzene rings is 1. The topological polar surface area (TPSA) is 115 Å². The van der Waals surface area contributed by atoms with Gasteiger partial charge in [0.1, 0.15) is 11.5 Å². The Morgan fingerprint density at radius 2 is 1.94 bits per heavy atom. The van der Waals surface area contributed by atoms with Gasteiger partial charge >= 0.3 is 29.6 Å². The Bertz CT molecular complexity index is 1220. The van der Waals surface area contributed by atoms with Gasteiger partial charge in [0, 0.05) is 24.7 Å². The van der Waals surface area contributed by atoms with E-state index < -0.39 is 33.2 Å². The van der Waals surface area contributed by atoms with E-state index in [1.807, 2.05) is 0 Å². The number of hydrogen-bond donors (Lipinski definition) is 1. The number of nitrogens with zero attached hydrogens (tertiary/aromatic N) is 3. The predicted molar refractivity (Wildman–Crippen MR) is 107 cm³/mol. The van der Waals surface area contributed by atoms with Gasteiger partial charge in [-0.1, -0.05) is 12.1 Å². The van der Waals surface area contributed by atoms with Crippen LogP contribution in [-0.4, -0.2) is 36.6 Å². The van der Waals surface area contributed by atoms with Gasteiger partial charge in [0.25, 0.3) is 5.91 Å². The summed E-state index contributed by atoms with van der Waals surface area (Å²) in [6, 6.07) is 8.69. The quantitative estimate of drug-likeness (QED) is 0.493. The van der Waals surface area contributed by atoms with Crippen molar-refractivity contribution in [2.45, 2.75) is 19.4 Å². The Hall–Kier alpha value is -2.27. The maximum Gasteiger partial charge on any atom is 1.00 e. The van der Waals surface area contributed by atoms with E-state index in [0.29, 0.717) is 18.4 Å². The van der Waals surface area contributed by atoms with Gasteiger partial charge in [-0.2, -0.15) is 0 Å². The van der Waals surface area contributed by atoms with E-state index in [1.165, 1.54) is 30.5 Å². The second kappa shape index (κ2) is 9.47. The smallest absolute Gasteiger partial charge is 0.869 e. The fourth-order valence-electron chi connectivity index (χ4n) is 3.33. The van der Waals surface area contributed by atoms with E-state index in [9.17, 15) is 22.7 Å². The fraction of sp³-hybridized carbons (Fsp3) is 0.250. The maximum absolute atomic E-state index is 13.0. The summed E-state index contributed by atoms with van der Waals surface area (Å²) in [6.45, 7) is 0.270. The Balaban J connectivity index is 0.00000272. The summed E-state index contributed by atoms with van der Waals surface area (Å²) >= 11 is 0. The van der Waals surface area contributed by atoms with Gasteiger partial charge in [0.05, 0.1) is 11.3 Å². The molecule has 0 saturated carbocycles. The minimum Gasteiger partial charge on any atom is -0.869 e. The average molecular weight is 452 g/mol.